The first-order valence-corrected chi connectivity index (χ1v) is 7.89. The number of nitrogens with two attached hydrogens (primary N) is 1. The van der Waals surface area contributed by atoms with Gasteiger partial charge in [0.05, 0.1) is 31.2 Å². The van der Waals surface area contributed by atoms with Crippen molar-refractivity contribution in [3.05, 3.63) is 53.1 Å². The molecule has 0 radical (unpaired) electrons. The van der Waals surface area contributed by atoms with E-state index in [0.717, 1.165) is 11.3 Å². The third-order valence-electron chi connectivity index (χ3n) is 3.93. The van der Waals surface area contributed by atoms with E-state index < -0.39 is 0 Å². The summed E-state index contributed by atoms with van der Waals surface area (Å²) in [5.74, 6) is 1.02. The number of carbonyl (C=O) groups is 1. The second-order valence-corrected chi connectivity index (χ2v) is 5.94. The molecule has 5 nitrogen and oxygen atoms in total. The highest BCUT2D eigenvalue weighted by Crippen LogP contribution is 2.28. The molecular weight excluding hydrogens is 316 g/mol. The standard InChI is InChI=1S/C20H24N2O3/c1-13(10-14-6-8-17(21)18(11-14)22(2)3)20(23)16-12-15(24-4)7-9-19(16)25-5/h6-12H,21H2,1-5H3. The highest BCUT2D eigenvalue weighted by molar-refractivity contribution is 6.12. The topological polar surface area (TPSA) is 64.8 Å². The average Bonchev–Trinajstić information content (AvgIpc) is 2.61. The van der Waals surface area contributed by atoms with E-state index >= 15 is 0 Å². The van der Waals surface area contributed by atoms with Crippen LogP contribution in [0.4, 0.5) is 11.4 Å². The van der Waals surface area contributed by atoms with Gasteiger partial charge in [0.2, 0.25) is 0 Å². The van der Waals surface area contributed by atoms with Crippen molar-refractivity contribution in [2.45, 2.75) is 6.92 Å². The molecule has 0 aliphatic carbocycles. The number of Topliss-reactive ketones (excluding diaryl/α,β-unsaturated/α-hetero) is 1. The van der Waals surface area contributed by atoms with Crippen molar-refractivity contribution >= 4 is 23.2 Å². The lowest BCUT2D eigenvalue weighted by molar-refractivity contribution is 0.103. The van der Waals surface area contributed by atoms with Gasteiger partial charge in [0.25, 0.3) is 0 Å². The van der Waals surface area contributed by atoms with Crippen molar-refractivity contribution in [1.82, 2.24) is 0 Å². The monoisotopic (exact) mass is 340 g/mol. The number of nitrogens with zero attached hydrogens (tertiary/aromatic N) is 1. The minimum Gasteiger partial charge on any atom is -0.497 e. The van der Waals surface area contributed by atoms with Gasteiger partial charge in [-0.2, -0.15) is 0 Å². The number of anilines is 2. The first-order chi connectivity index (χ1) is 11.9. The van der Waals surface area contributed by atoms with Crippen molar-refractivity contribution in [3.63, 3.8) is 0 Å². The third-order valence-corrected chi connectivity index (χ3v) is 3.93. The van der Waals surface area contributed by atoms with E-state index in [-0.39, 0.29) is 5.78 Å². The number of carbonyl (C=O) groups excluding carboxylic acids is 1. The normalized spacial score (nSPS) is 11.2. The maximum Gasteiger partial charge on any atom is 0.192 e. The quantitative estimate of drug-likeness (QED) is 0.494. The number of benzene rings is 2. The molecule has 5 heteroatoms. The molecule has 2 aromatic rings. The predicted molar refractivity (Wildman–Crippen MR) is 103 cm³/mol. The SMILES string of the molecule is COc1ccc(OC)c(C(=O)C(C)=Cc2ccc(N)c(N(C)C)c2)c1. The Morgan fingerprint density at radius 2 is 1.80 bits per heavy atom. The van der Waals surface area contributed by atoms with Crippen LogP contribution in [0.3, 0.4) is 0 Å². The predicted octanol–water partition coefficient (Wildman–Crippen LogP) is 3.64. The number of methoxy groups -OCH3 is 2. The Hall–Kier alpha value is -2.95. The van der Waals surface area contributed by atoms with E-state index in [1.165, 1.54) is 0 Å². The van der Waals surface area contributed by atoms with Crippen LogP contribution in [0.25, 0.3) is 6.08 Å². The van der Waals surface area contributed by atoms with Crippen LogP contribution in [0.15, 0.2) is 42.0 Å². The van der Waals surface area contributed by atoms with Gasteiger partial charge in [-0.05, 0) is 54.5 Å². The minimum absolute atomic E-state index is 0.112. The number of hydrogen-bond donors (Lipinski definition) is 1. The maximum atomic E-state index is 12.8. The lowest BCUT2D eigenvalue weighted by Crippen LogP contribution is -2.11. The molecule has 2 aromatic carbocycles. The average molecular weight is 340 g/mol. The fraction of sp³-hybridized carbons (Fsp3) is 0.250. The minimum atomic E-state index is -0.112. The Morgan fingerprint density at radius 3 is 2.40 bits per heavy atom. The first-order valence-electron chi connectivity index (χ1n) is 7.89. The second kappa shape index (κ2) is 7.75. The molecule has 0 amide bonds. The largest absolute Gasteiger partial charge is 0.497 e. The molecule has 0 fully saturated rings. The molecule has 0 saturated heterocycles. The summed E-state index contributed by atoms with van der Waals surface area (Å²) in [5, 5.41) is 0. The fourth-order valence-corrected chi connectivity index (χ4v) is 2.56. The van der Waals surface area contributed by atoms with Gasteiger partial charge in [-0.25, -0.2) is 0 Å². The van der Waals surface area contributed by atoms with Gasteiger partial charge >= 0.3 is 0 Å². The summed E-state index contributed by atoms with van der Waals surface area (Å²) in [6.07, 6.45) is 1.84. The Morgan fingerprint density at radius 1 is 1.08 bits per heavy atom. The molecule has 0 spiro atoms. The molecule has 0 saturated carbocycles. The van der Waals surface area contributed by atoms with Gasteiger partial charge < -0.3 is 20.1 Å². The maximum absolute atomic E-state index is 12.8. The molecule has 0 atom stereocenters. The van der Waals surface area contributed by atoms with Crippen LogP contribution in [0.1, 0.15) is 22.8 Å². The molecule has 132 valence electrons. The molecule has 2 rings (SSSR count). The van der Waals surface area contributed by atoms with Crippen LogP contribution in [-0.2, 0) is 0 Å². The van der Waals surface area contributed by atoms with Gasteiger partial charge in [0.1, 0.15) is 11.5 Å². The van der Waals surface area contributed by atoms with Gasteiger partial charge in [-0.3, -0.25) is 4.79 Å². The lowest BCUT2D eigenvalue weighted by Gasteiger charge is -2.16. The zero-order chi connectivity index (χ0) is 18.6. The summed E-state index contributed by atoms with van der Waals surface area (Å²) in [5.41, 5.74) is 9.56. The van der Waals surface area contributed by atoms with Crippen LogP contribution in [0, 0.1) is 0 Å². The Kier molecular flexibility index (Phi) is 5.70. The van der Waals surface area contributed by atoms with Crippen LogP contribution < -0.4 is 20.1 Å². The molecule has 0 aliphatic heterocycles. The fourth-order valence-electron chi connectivity index (χ4n) is 2.56. The Balaban J connectivity index is 2.40. The van der Waals surface area contributed by atoms with Crippen molar-refractivity contribution in [2.75, 3.05) is 38.9 Å². The summed E-state index contributed by atoms with van der Waals surface area (Å²) in [7, 11) is 6.97. The smallest absolute Gasteiger partial charge is 0.192 e. The summed E-state index contributed by atoms with van der Waals surface area (Å²) in [6, 6.07) is 10.9. The third kappa shape index (κ3) is 4.12. The van der Waals surface area contributed by atoms with Crippen molar-refractivity contribution in [3.8, 4) is 11.5 Å². The zero-order valence-corrected chi connectivity index (χ0v) is 15.3. The summed E-state index contributed by atoms with van der Waals surface area (Å²) in [4.78, 5) is 14.8. The zero-order valence-electron chi connectivity index (χ0n) is 15.3. The van der Waals surface area contributed by atoms with Gasteiger partial charge in [-0.1, -0.05) is 6.07 Å². The number of nitrogen functional groups attached to an aromatic ring is 1. The van der Waals surface area contributed by atoms with Crippen molar-refractivity contribution in [2.24, 2.45) is 0 Å². The van der Waals surface area contributed by atoms with Gasteiger partial charge in [0, 0.05) is 14.1 Å². The molecule has 0 aromatic heterocycles. The van der Waals surface area contributed by atoms with E-state index in [0.29, 0.717) is 28.3 Å². The number of allylic oxidation sites excluding steroid dienone is 1. The van der Waals surface area contributed by atoms with E-state index in [2.05, 4.69) is 0 Å². The Labute approximate surface area is 148 Å². The Bertz CT molecular complexity index is 811. The van der Waals surface area contributed by atoms with Crippen LogP contribution in [0.5, 0.6) is 11.5 Å². The molecule has 25 heavy (non-hydrogen) atoms. The summed E-state index contributed by atoms with van der Waals surface area (Å²) in [6.45, 7) is 1.78. The summed E-state index contributed by atoms with van der Waals surface area (Å²) >= 11 is 0. The van der Waals surface area contributed by atoms with E-state index in [1.807, 2.05) is 43.3 Å². The highest BCUT2D eigenvalue weighted by Gasteiger charge is 2.15. The molecular formula is C20H24N2O3. The number of ketones is 1. The van der Waals surface area contributed by atoms with Gasteiger partial charge in [0.15, 0.2) is 5.78 Å². The van der Waals surface area contributed by atoms with Crippen LogP contribution >= 0.6 is 0 Å². The first kappa shape index (κ1) is 18.4. The number of rotatable bonds is 6. The van der Waals surface area contributed by atoms with E-state index in [4.69, 9.17) is 15.2 Å². The van der Waals surface area contributed by atoms with Crippen LogP contribution in [0.2, 0.25) is 0 Å². The second-order valence-electron chi connectivity index (χ2n) is 5.94. The van der Waals surface area contributed by atoms with Crippen LogP contribution in [-0.4, -0.2) is 34.1 Å². The van der Waals surface area contributed by atoms with Crippen molar-refractivity contribution < 1.29 is 14.3 Å². The highest BCUT2D eigenvalue weighted by atomic mass is 16.5. The molecule has 0 bridgehead atoms. The molecule has 2 N–H and O–H groups in total. The lowest BCUT2D eigenvalue weighted by atomic mass is 10.0. The van der Waals surface area contributed by atoms with Crippen molar-refractivity contribution in [1.29, 1.82) is 0 Å². The summed E-state index contributed by atoms with van der Waals surface area (Å²) < 4.78 is 10.5. The van der Waals surface area contributed by atoms with E-state index in [9.17, 15) is 4.79 Å². The number of hydrogen-bond acceptors (Lipinski definition) is 5. The number of ether oxygens (including phenoxy) is 2. The van der Waals surface area contributed by atoms with Gasteiger partial charge in [-0.15, -0.1) is 0 Å². The molecule has 0 aliphatic rings. The molecule has 0 heterocycles. The molecule has 0 unspecified atom stereocenters. The van der Waals surface area contributed by atoms with E-state index in [1.54, 1.807) is 39.3 Å².